The lowest BCUT2D eigenvalue weighted by atomic mass is 10.1. The van der Waals surface area contributed by atoms with Gasteiger partial charge >= 0.3 is 0 Å². The van der Waals surface area contributed by atoms with E-state index in [4.69, 9.17) is 4.74 Å². The maximum Gasteiger partial charge on any atom is 0.202 e. The molecule has 2 bridgehead atoms. The predicted molar refractivity (Wildman–Crippen MR) is 62.0 cm³/mol. The molecule has 88 valence electrons. The summed E-state index contributed by atoms with van der Waals surface area (Å²) in [6.45, 7) is 0. The number of ether oxygens (including phenoxy) is 1. The van der Waals surface area contributed by atoms with Gasteiger partial charge in [0, 0.05) is 11.8 Å². The Balaban J connectivity index is 1.79. The Kier molecular flexibility index (Phi) is 1.74. The summed E-state index contributed by atoms with van der Waals surface area (Å²) >= 11 is 0. The Morgan fingerprint density at radius 1 is 1.12 bits per heavy atom. The molecule has 0 amide bonds. The maximum absolute atomic E-state index is 12.5. The minimum Gasteiger partial charge on any atom is -0.368 e. The van der Waals surface area contributed by atoms with Crippen LogP contribution in [0.4, 0.5) is 0 Å². The lowest BCUT2D eigenvalue weighted by molar-refractivity contribution is 0.273. The normalized spacial score (nSPS) is 37.8. The third-order valence-electron chi connectivity index (χ3n) is 4.01. The number of benzene rings is 1. The van der Waals surface area contributed by atoms with Gasteiger partial charge in [-0.1, -0.05) is 24.3 Å². The molecule has 1 aromatic rings. The second-order valence-electron chi connectivity index (χ2n) is 4.96. The van der Waals surface area contributed by atoms with Gasteiger partial charge in [-0.15, -0.1) is 0 Å². The molecule has 0 N–H and O–H groups in total. The number of rotatable bonds is 2. The summed E-state index contributed by atoms with van der Waals surface area (Å²) in [5.41, 5.74) is 0. The number of fused-ring (bicyclic) bond motifs is 5. The molecule has 1 aromatic carbocycles. The molecule has 3 nitrogen and oxygen atoms in total. The van der Waals surface area contributed by atoms with E-state index >= 15 is 0 Å². The van der Waals surface area contributed by atoms with E-state index in [1.54, 1.807) is 24.3 Å². The molecular formula is C13H12O3S. The van der Waals surface area contributed by atoms with E-state index in [1.807, 2.05) is 12.1 Å². The molecule has 0 aromatic heterocycles. The van der Waals surface area contributed by atoms with Gasteiger partial charge in [-0.25, -0.2) is 8.42 Å². The Bertz CT molecular complexity index is 603. The third-order valence-corrected chi connectivity index (χ3v) is 5.97. The van der Waals surface area contributed by atoms with Gasteiger partial charge in [-0.05, 0) is 18.6 Å². The minimum absolute atomic E-state index is 0.107. The zero-order chi connectivity index (χ0) is 11.6. The quantitative estimate of drug-likeness (QED) is 0.749. The molecule has 0 spiro atoms. The van der Waals surface area contributed by atoms with Gasteiger partial charge in [0.1, 0.15) is 0 Å². The summed E-state index contributed by atoms with van der Waals surface area (Å²) in [4.78, 5) is 0.989. The average molecular weight is 248 g/mol. The van der Waals surface area contributed by atoms with E-state index < -0.39 is 9.84 Å². The fourth-order valence-electron chi connectivity index (χ4n) is 3.17. The van der Waals surface area contributed by atoms with Crippen molar-refractivity contribution in [2.75, 3.05) is 0 Å². The van der Waals surface area contributed by atoms with Crippen LogP contribution < -0.4 is 0 Å². The molecule has 4 atom stereocenters. The topological polar surface area (TPSA) is 46.7 Å². The second-order valence-corrected chi connectivity index (χ2v) is 6.91. The molecule has 4 rings (SSSR count). The Morgan fingerprint density at radius 3 is 2.53 bits per heavy atom. The monoisotopic (exact) mass is 248 g/mol. The highest BCUT2D eigenvalue weighted by atomic mass is 32.2. The van der Waals surface area contributed by atoms with E-state index in [0.29, 0.717) is 21.8 Å². The average Bonchev–Trinajstić information content (AvgIpc) is 2.95. The molecule has 1 saturated heterocycles. The largest absolute Gasteiger partial charge is 0.368 e. The first kappa shape index (κ1) is 9.85. The van der Waals surface area contributed by atoms with Gasteiger partial charge in [0.25, 0.3) is 0 Å². The van der Waals surface area contributed by atoms with E-state index in [-0.39, 0.29) is 12.0 Å². The van der Waals surface area contributed by atoms with Crippen LogP contribution in [-0.4, -0.2) is 20.6 Å². The molecule has 1 saturated carbocycles. The van der Waals surface area contributed by atoms with Crippen LogP contribution in [0.3, 0.4) is 0 Å². The van der Waals surface area contributed by atoms with Crippen molar-refractivity contribution in [3.8, 4) is 0 Å². The lowest BCUT2D eigenvalue weighted by Gasteiger charge is -2.12. The van der Waals surface area contributed by atoms with Gasteiger partial charge in [0.15, 0.2) is 0 Å². The van der Waals surface area contributed by atoms with Crippen LogP contribution in [0, 0.1) is 11.8 Å². The van der Waals surface area contributed by atoms with E-state index in [0.717, 1.165) is 6.42 Å². The molecule has 0 unspecified atom stereocenters. The number of hydrogen-bond donors (Lipinski definition) is 0. The first-order valence-electron chi connectivity index (χ1n) is 5.85. The van der Waals surface area contributed by atoms with Gasteiger partial charge in [0.2, 0.25) is 9.84 Å². The van der Waals surface area contributed by atoms with Crippen LogP contribution in [0.25, 0.3) is 0 Å². The molecule has 17 heavy (non-hydrogen) atoms. The zero-order valence-electron chi connectivity index (χ0n) is 9.11. The van der Waals surface area contributed by atoms with Crippen LogP contribution in [-0.2, 0) is 14.6 Å². The first-order valence-corrected chi connectivity index (χ1v) is 7.33. The molecule has 1 aliphatic heterocycles. The van der Waals surface area contributed by atoms with Crippen LogP contribution in [0.15, 0.2) is 46.2 Å². The van der Waals surface area contributed by atoms with Crippen LogP contribution in [0.1, 0.15) is 6.42 Å². The van der Waals surface area contributed by atoms with Crippen molar-refractivity contribution in [3.63, 3.8) is 0 Å². The summed E-state index contributed by atoms with van der Waals surface area (Å²) in [7, 11) is -3.29. The Hall–Kier alpha value is -1.13. The molecular weight excluding hydrogens is 236 g/mol. The van der Waals surface area contributed by atoms with E-state index in [2.05, 4.69) is 0 Å². The van der Waals surface area contributed by atoms with Crippen molar-refractivity contribution >= 4 is 9.84 Å². The number of epoxide rings is 1. The minimum atomic E-state index is -3.29. The molecule has 1 heterocycles. The number of sulfone groups is 1. The molecule has 4 heteroatoms. The van der Waals surface area contributed by atoms with Crippen molar-refractivity contribution in [2.24, 2.45) is 11.8 Å². The Morgan fingerprint density at radius 2 is 1.88 bits per heavy atom. The maximum atomic E-state index is 12.5. The molecule has 2 aliphatic carbocycles. The summed E-state index contributed by atoms with van der Waals surface area (Å²) < 4.78 is 30.4. The molecule has 0 radical (unpaired) electrons. The summed E-state index contributed by atoms with van der Waals surface area (Å²) in [5.74, 6) is 0.439. The van der Waals surface area contributed by atoms with Crippen LogP contribution in [0.5, 0.6) is 0 Å². The van der Waals surface area contributed by atoms with Crippen LogP contribution in [0.2, 0.25) is 0 Å². The fourth-order valence-corrected chi connectivity index (χ4v) is 4.94. The van der Waals surface area contributed by atoms with Crippen LogP contribution >= 0.6 is 0 Å². The standard InChI is InChI=1S/C13H12O3S/c14-17(15,9-4-2-1-3-5-9)11-7-8-6-10(11)13-12(8)16-13/h1-5,7-8,10,12-13H,6H2/t8-,10+,12-,13+/m0/s1. The van der Waals surface area contributed by atoms with Gasteiger partial charge in [-0.3, -0.25) is 0 Å². The highest BCUT2D eigenvalue weighted by Crippen LogP contribution is 2.57. The SMILES string of the molecule is O=S(=O)(C1=C[C@@H]2C[C@H]1[C@H]1O[C@H]12)c1ccccc1. The summed E-state index contributed by atoms with van der Waals surface area (Å²) in [6, 6.07) is 8.67. The first-order chi connectivity index (χ1) is 8.18. The summed E-state index contributed by atoms with van der Waals surface area (Å²) in [5, 5.41) is 0. The van der Waals surface area contributed by atoms with Gasteiger partial charge in [0.05, 0.1) is 22.0 Å². The van der Waals surface area contributed by atoms with Crippen molar-refractivity contribution in [3.05, 3.63) is 41.3 Å². The van der Waals surface area contributed by atoms with Crippen molar-refractivity contribution in [2.45, 2.75) is 23.5 Å². The van der Waals surface area contributed by atoms with Gasteiger partial charge in [-0.2, -0.15) is 0 Å². The third kappa shape index (κ3) is 1.22. The zero-order valence-corrected chi connectivity index (χ0v) is 9.93. The fraction of sp³-hybridized carbons (Fsp3) is 0.385. The smallest absolute Gasteiger partial charge is 0.202 e. The summed E-state index contributed by atoms with van der Waals surface area (Å²) in [6.07, 6.45) is 3.37. The highest BCUT2D eigenvalue weighted by molar-refractivity contribution is 7.95. The molecule has 2 fully saturated rings. The number of hydrogen-bond acceptors (Lipinski definition) is 3. The van der Waals surface area contributed by atoms with Crippen molar-refractivity contribution < 1.29 is 13.2 Å². The lowest BCUT2D eigenvalue weighted by Crippen LogP contribution is -2.16. The van der Waals surface area contributed by atoms with E-state index in [1.165, 1.54) is 0 Å². The Labute approximate surface area is 100 Å². The highest BCUT2D eigenvalue weighted by Gasteiger charge is 2.62. The van der Waals surface area contributed by atoms with Crippen molar-refractivity contribution in [1.82, 2.24) is 0 Å². The molecule has 3 aliphatic rings. The van der Waals surface area contributed by atoms with Gasteiger partial charge < -0.3 is 4.74 Å². The predicted octanol–water partition coefficient (Wildman–Crippen LogP) is 1.76. The van der Waals surface area contributed by atoms with E-state index in [9.17, 15) is 8.42 Å². The van der Waals surface area contributed by atoms with Crippen molar-refractivity contribution in [1.29, 1.82) is 0 Å². The second kappa shape index (κ2) is 3.00.